The van der Waals surface area contributed by atoms with Crippen molar-refractivity contribution in [1.82, 2.24) is 20.7 Å². The minimum absolute atomic E-state index is 0.0168. The fourth-order valence-corrected chi connectivity index (χ4v) is 4.48. The lowest BCUT2D eigenvalue weighted by atomic mass is 9.84. The van der Waals surface area contributed by atoms with Crippen LogP contribution in [0.3, 0.4) is 0 Å². The van der Waals surface area contributed by atoms with Gasteiger partial charge in [0.15, 0.2) is 0 Å². The van der Waals surface area contributed by atoms with E-state index in [9.17, 15) is 4.79 Å². The molecule has 0 aromatic rings. The maximum Gasteiger partial charge on any atom is 0.230 e. The summed E-state index contributed by atoms with van der Waals surface area (Å²) in [4.78, 5) is 15.2. The van der Waals surface area contributed by atoms with Crippen LogP contribution >= 0.6 is 0 Å². The van der Waals surface area contributed by atoms with Gasteiger partial charge in [0.1, 0.15) is 0 Å². The first-order chi connectivity index (χ1) is 10.1. The Kier molecular flexibility index (Phi) is 3.82. The number of amides is 1. The third-order valence-electron chi connectivity index (χ3n) is 6.11. The highest BCUT2D eigenvalue weighted by molar-refractivity contribution is 5.80. The average Bonchev–Trinajstić information content (AvgIpc) is 2.90. The van der Waals surface area contributed by atoms with E-state index >= 15 is 0 Å². The zero-order valence-corrected chi connectivity index (χ0v) is 14.9. The molecular weight excluding hydrogens is 276 g/mol. The minimum Gasteiger partial charge on any atom is -0.341 e. The van der Waals surface area contributed by atoms with Crippen molar-refractivity contribution in [3.05, 3.63) is 0 Å². The van der Waals surface area contributed by atoms with Crippen LogP contribution in [0.25, 0.3) is 0 Å². The summed E-state index contributed by atoms with van der Waals surface area (Å²) in [6.45, 7) is 16.1. The van der Waals surface area contributed by atoms with Crippen molar-refractivity contribution < 1.29 is 4.79 Å². The molecule has 0 aromatic carbocycles. The molecule has 1 amide bonds. The summed E-state index contributed by atoms with van der Waals surface area (Å²) in [5, 5.41) is 5.91. The van der Waals surface area contributed by atoms with Crippen molar-refractivity contribution in [3.63, 3.8) is 0 Å². The second kappa shape index (κ2) is 5.18. The number of hydrogen-bond acceptors (Lipinski definition) is 4. The van der Waals surface area contributed by atoms with Gasteiger partial charge in [-0.1, -0.05) is 20.8 Å². The van der Waals surface area contributed by atoms with Gasteiger partial charge in [-0.15, -0.1) is 0 Å². The summed E-state index contributed by atoms with van der Waals surface area (Å²) < 4.78 is 0. The normalized spacial score (nSPS) is 40.7. The van der Waals surface area contributed by atoms with Gasteiger partial charge in [0, 0.05) is 31.2 Å². The van der Waals surface area contributed by atoms with E-state index in [4.69, 9.17) is 0 Å². The van der Waals surface area contributed by atoms with Gasteiger partial charge in [0.2, 0.25) is 5.91 Å². The summed E-state index contributed by atoms with van der Waals surface area (Å²) in [5.74, 6) is 0.898. The van der Waals surface area contributed by atoms with Gasteiger partial charge in [-0.25, -0.2) is 5.01 Å². The van der Waals surface area contributed by atoms with E-state index in [1.165, 1.54) is 0 Å². The number of carbonyl (C=O) groups is 1. The molecule has 126 valence electrons. The topological polar surface area (TPSA) is 47.6 Å². The highest BCUT2D eigenvalue weighted by atomic mass is 16.2. The average molecular weight is 308 g/mol. The Balaban J connectivity index is 1.75. The Morgan fingerprint density at radius 2 is 1.86 bits per heavy atom. The van der Waals surface area contributed by atoms with Crippen molar-refractivity contribution in [2.45, 2.75) is 65.7 Å². The molecule has 0 aromatic heterocycles. The van der Waals surface area contributed by atoms with Crippen molar-refractivity contribution in [2.75, 3.05) is 19.6 Å². The SMILES string of the molecule is C[C@H]1CC(C)(C)N2NCC(C(=O)N3C[C@H](C)C(C)(C)C3)C2N1. The van der Waals surface area contributed by atoms with Gasteiger partial charge in [-0.3, -0.25) is 15.5 Å². The molecule has 3 heterocycles. The quantitative estimate of drug-likeness (QED) is 0.769. The predicted molar refractivity (Wildman–Crippen MR) is 87.9 cm³/mol. The molecule has 4 atom stereocenters. The zero-order chi connectivity index (χ0) is 16.3. The number of nitrogens with zero attached hydrogens (tertiary/aromatic N) is 2. The molecule has 3 aliphatic rings. The van der Waals surface area contributed by atoms with Crippen molar-refractivity contribution in [2.24, 2.45) is 17.3 Å². The van der Waals surface area contributed by atoms with Gasteiger partial charge in [-0.05, 0) is 38.5 Å². The van der Waals surface area contributed by atoms with Crippen molar-refractivity contribution in [1.29, 1.82) is 0 Å². The maximum absolute atomic E-state index is 13.1. The first-order valence-electron chi connectivity index (χ1n) is 8.69. The second-order valence-corrected chi connectivity index (χ2v) is 8.98. The fourth-order valence-electron chi connectivity index (χ4n) is 4.48. The van der Waals surface area contributed by atoms with Crippen LogP contribution in [0, 0.1) is 17.3 Å². The Labute approximate surface area is 134 Å². The molecule has 5 nitrogen and oxygen atoms in total. The van der Waals surface area contributed by atoms with Gasteiger partial charge >= 0.3 is 0 Å². The van der Waals surface area contributed by atoms with E-state index in [0.29, 0.717) is 17.9 Å². The second-order valence-electron chi connectivity index (χ2n) is 8.98. The summed E-state index contributed by atoms with van der Waals surface area (Å²) in [5.41, 5.74) is 3.79. The monoisotopic (exact) mass is 308 g/mol. The van der Waals surface area contributed by atoms with Gasteiger partial charge in [0.25, 0.3) is 0 Å². The maximum atomic E-state index is 13.1. The molecule has 5 heteroatoms. The Hall–Kier alpha value is -0.650. The van der Waals surface area contributed by atoms with Crippen LogP contribution in [-0.4, -0.2) is 53.2 Å². The van der Waals surface area contributed by atoms with Crippen LogP contribution in [0.4, 0.5) is 0 Å². The number of nitrogens with one attached hydrogen (secondary N) is 2. The molecule has 3 aliphatic heterocycles. The third kappa shape index (κ3) is 2.57. The Bertz CT molecular complexity index is 462. The Morgan fingerprint density at radius 3 is 2.45 bits per heavy atom. The number of hydrogen-bond donors (Lipinski definition) is 2. The standard InChI is InChI=1S/C17H32N4O/c1-11-9-20(10-16(11,3)4)15(22)13-8-18-21-14(13)19-12(2)7-17(21,5)6/h11-14,18-19H,7-10H2,1-6H3/t11-,12-,13?,14?/m0/s1. The van der Waals surface area contributed by atoms with Crippen LogP contribution in [0.5, 0.6) is 0 Å². The lowest BCUT2D eigenvalue weighted by Gasteiger charge is -2.47. The zero-order valence-electron chi connectivity index (χ0n) is 14.9. The number of rotatable bonds is 1. The van der Waals surface area contributed by atoms with E-state index in [1.54, 1.807) is 0 Å². The smallest absolute Gasteiger partial charge is 0.230 e. The van der Waals surface area contributed by atoms with E-state index in [2.05, 4.69) is 62.2 Å². The van der Waals surface area contributed by atoms with Gasteiger partial charge in [-0.2, -0.15) is 0 Å². The molecule has 22 heavy (non-hydrogen) atoms. The number of carbonyl (C=O) groups excluding carboxylic acids is 1. The van der Waals surface area contributed by atoms with Crippen LogP contribution < -0.4 is 10.7 Å². The van der Waals surface area contributed by atoms with Crippen LogP contribution in [0.1, 0.15) is 48.0 Å². The van der Waals surface area contributed by atoms with E-state index < -0.39 is 0 Å². The molecule has 0 bridgehead atoms. The molecule has 0 spiro atoms. The lowest BCUT2D eigenvalue weighted by molar-refractivity contribution is -0.137. The summed E-state index contributed by atoms with van der Waals surface area (Å²) in [6.07, 6.45) is 1.20. The first kappa shape index (κ1) is 16.2. The van der Waals surface area contributed by atoms with E-state index in [0.717, 1.165) is 26.1 Å². The predicted octanol–water partition coefficient (Wildman–Crippen LogP) is 1.41. The third-order valence-corrected chi connectivity index (χ3v) is 6.11. The molecular formula is C17H32N4O. The van der Waals surface area contributed by atoms with Gasteiger partial charge < -0.3 is 4.90 Å². The van der Waals surface area contributed by atoms with Crippen LogP contribution in [0.2, 0.25) is 0 Å². The van der Waals surface area contributed by atoms with Crippen molar-refractivity contribution in [3.8, 4) is 0 Å². The lowest BCUT2D eigenvalue weighted by Crippen LogP contribution is -2.66. The van der Waals surface area contributed by atoms with Gasteiger partial charge in [0.05, 0.1) is 12.1 Å². The molecule has 3 rings (SSSR count). The summed E-state index contributed by atoms with van der Waals surface area (Å²) in [7, 11) is 0. The Morgan fingerprint density at radius 1 is 1.18 bits per heavy atom. The molecule has 0 aliphatic carbocycles. The number of fused-ring (bicyclic) bond motifs is 1. The molecule has 3 fully saturated rings. The fraction of sp³-hybridized carbons (Fsp3) is 0.941. The van der Waals surface area contributed by atoms with Crippen LogP contribution in [-0.2, 0) is 4.79 Å². The highest BCUT2D eigenvalue weighted by Gasteiger charge is 2.51. The summed E-state index contributed by atoms with van der Waals surface area (Å²) >= 11 is 0. The number of likely N-dealkylation sites (tertiary alicyclic amines) is 1. The molecule has 2 unspecified atom stereocenters. The van der Waals surface area contributed by atoms with Crippen molar-refractivity contribution >= 4 is 5.91 Å². The minimum atomic E-state index is 0.0168. The number of hydrazine groups is 1. The molecule has 0 saturated carbocycles. The summed E-state index contributed by atoms with van der Waals surface area (Å²) in [6, 6.07) is 0.445. The highest BCUT2D eigenvalue weighted by Crippen LogP contribution is 2.37. The first-order valence-corrected chi connectivity index (χ1v) is 8.69. The molecule has 3 saturated heterocycles. The van der Waals surface area contributed by atoms with E-state index in [1.807, 2.05) is 0 Å². The molecule has 2 N–H and O–H groups in total. The van der Waals surface area contributed by atoms with Crippen LogP contribution in [0.15, 0.2) is 0 Å². The largest absolute Gasteiger partial charge is 0.341 e. The molecule has 0 radical (unpaired) electrons. The van der Waals surface area contributed by atoms with E-state index in [-0.39, 0.29) is 23.0 Å².